The van der Waals surface area contributed by atoms with Crippen LogP contribution in [0.4, 0.5) is 0 Å². The van der Waals surface area contributed by atoms with Crippen LogP contribution >= 0.6 is 11.6 Å². The fourth-order valence-electron chi connectivity index (χ4n) is 3.65. The minimum Gasteiger partial charge on any atom is -0.493 e. The number of hydrogen-bond donors (Lipinski definition) is 0. The molecular weight excluding hydrogens is 394 g/mol. The molecule has 1 aliphatic rings. The maximum absolute atomic E-state index is 12.2. The normalized spacial score (nSPS) is 13.8. The first-order valence-corrected chi connectivity index (χ1v) is 9.62. The molecule has 0 radical (unpaired) electrons. The summed E-state index contributed by atoms with van der Waals surface area (Å²) >= 11 is 6.47. The molecule has 152 valence electrons. The van der Waals surface area contributed by atoms with E-state index in [2.05, 4.69) is 4.90 Å². The molecule has 0 N–H and O–H groups in total. The molecule has 1 aliphatic heterocycles. The number of aryl methyl sites for hydroxylation is 1. The van der Waals surface area contributed by atoms with Crippen molar-refractivity contribution in [1.82, 2.24) is 4.90 Å². The van der Waals surface area contributed by atoms with Crippen molar-refractivity contribution in [1.29, 1.82) is 0 Å². The van der Waals surface area contributed by atoms with E-state index >= 15 is 0 Å². The fraction of sp³-hybridized carbons (Fsp3) is 0.318. The van der Waals surface area contributed by atoms with Gasteiger partial charge in [-0.05, 0) is 43.2 Å². The Balaban J connectivity index is 1.71. The standard InChI is InChI=1S/C22H22ClNO5/c1-12-13(2)22(25)29-20-15(12)8-17(23)21-16(20)10-24(11-28-21)9-14-5-6-18(26-3)19(7-14)27-4/h5-8H,9-11H2,1-4H3. The summed E-state index contributed by atoms with van der Waals surface area (Å²) in [4.78, 5) is 14.4. The maximum atomic E-state index is 12.2. The lowest BCUT2D eigenvalue weighted by atomic mass is 10.0. The molecule has 2 heterocycles. The number of nitrogens with zero attached hydrogens (tertiary/aromatic N) is 1. The molecule has 0 aliphatic carbocycles. The van der Waals surface area contributed by atoms with Crippen molar-refractivity contribution in [2.45, 2.75) is 26.9 Å². The summed E-state index contributed by atoms with van der Waals surface area (Å²) in [7, 11) is 3.22. The van der Waals surface area contributed by atoms with E-state index < -0.39 is 0 Å². The summed E-state index contributed by atoms with van der Waals surface area (Å²) in [5.74, 6) is 1.94. The highest BCUT2D eigenvalue weighted by molar-refractivity contribution is 6.33. The molecular formula is C22H22ClNO5. The molecule has 2 aromatic carbocycles. The van der Waals surface area contributed by atoms with E-state index in [-0.39, 0.29) is 5.63 Å². The molecule has 4 rings (SSSR count). The highest BCUT2D eigenvalue weighted by Gasteiger charge is 2.25. The third kappa shape index (κ3) is 3.43. The Morgan fingerprint density at radius 2 is 1.86 bits per heavy atom. The van der Waals surface area contributed by atoms with Crippen LogP contribution in [0.15, 0.2) is 33.5 Å². The van der Waals surface area contributed by atoms with Gasteiger partial charge in [0.25, 0.3) is 0 Å². The van der Waals surface area contributed by atoms with Crippen LogP contribution in [-0.2, 0) is 13.1 Å². The van der Waals surface area contributed by atoms with Gasteiger partial charge in [-0.15, -0.1) is 0 Å². The van der Waals surface area contributed by atoms with Crippen LogP contribution in [-0.4, -0.2) is 25.9 Å². The van der Waals surface area contributed by atoms with Crippen LogP contribution < -0.4 is 19.8 Å². The number of rotatable bonds is 4. The van der Waals surface area contributed by atoms with Gasteiger partial charge in [0.1, 0.15) is 18.1 Å². The minimum absolute atomic E-state index is 0.337. The van der Waals surface area contributed by atoms with Gasteiger partial charge in [0.2, 0.25) is 0 Å². The van der Waals surface area contributed by atoms with Gasteiger partial charge >= 0.3 is 5.63 Å². The van der Waals surface area contributed by atoms with Gasteiger partial charge in [0, 0.05) is 24.0 Å². The number of ether oxygens (including phenoxy) is 3. The predicted molar refractivity (Wildman–Crippen MR) is 111 cm³/mol. The molecule has 0 fully saturated rings. The van der Waals surface area contributed by atoms with E-state index in [1.807, 2.05) is 31.2 Å². The Bertz CT molecular complexity index is 1150. The Morgan fingerprint density at radius 1 is 1.10 bits per heavy atom. The van der Waals surface area contributed by atoms with Crippen LogP contribution in [0, 0.1) is 13.8 Å². The van der Waals surface area contributed by atoms with E-state index in [1.165, 1.54) is 0 Å². The number of methoxy groups -OCH3 is 2. The SMILES string of the molecule is COc1ccc(CN2COc3c(Cl)cc4c(C)c(C)c(=O)oc4c3C2)cc1OC. The topological polar surface area (TPSA) is 61.1 Å². The van der Waals surface area contributed by atoms with Crippen molar-refractivity contribution in [3.63, 3.8) is 0 Å². The zero-order valence-electron chi connectivity index (χ0n) is 16.8. The molecule has 0 bridgehead atoms. The second-order valence-electron chi connectivity index (χ2n) is 7.13. The van der Waals surface area contributed by atoms with Gasteiger partial charge in [-0.25, -0.2) is 4.79 Å². The monoisotopic (exact) mass is 415 g/mol. The van der Waals surface area contributed by atoms with Gasteiger partial charge in [-0.3, -0.25) is 4.90 Å². The smallest absolute Gasteiger partial charge is 0.339 e. The van der Waals surface area contributed by atoms with Gasteiger partial charge in [-0.2, -0.15) is 0 Å². The van der Waals surface area contributed by atoms with Gasteiger partial charge in [0.15, 0.2) is 11.5 Å². The Hall–Kier alpha value is -2.70. The van der Waals surface area contributed by atoms with Crippen LogP contribution in [0.2, 0.25) is 5.02 Å². The third-order valence-electron chi connectivity index (χ3n) is 5.38. The summed E-state index contributed by atoms with van der Waals surface area (Å²) in [5.41, 5.74) is 3.50. The maximum Gasteiger partial charge on any atom is 0.339 e. The fourth-order valence-corrected chi connectivity index (χ4v) is 3.93. The van der Waals surface area contributed by atoms with Gasteiger partial charge < -0.3 is 18.6 Å². The highest BCUT2D eigenvalue weighted by Crippen LogP contribution is 2.40. The van der Waals surface area contributed by atoms with E-state index in [0.29, 0.717) is 53.2 Å². The predicted octanol–water partition coefficient (Wildman–Crippen LogP) is 4.43. The molecule has 1 aromatic heterocycles. The molecule has 3 aromatic rings. The van der Waals surface area contributed by atoms with Crippen molar-refractivity contribution in [2.24, 2.45) is 0 Å². The van der Waals surface area contributed by atoms with Crippen LogP contribution in [0.1, 0.15) is 22.3 Å². The Kier molecular flexibility index (Phi) is 5.15. The van der Waals surface area contributed by atoms with Crippen LogP contribution in [0.25, 0.3) is 11.0 Å². The molecule has 0 saturated heterocycles. The zero-order chi connectivity index (χ0) is 20.7. The summed E-state index contributed by atoms with van der Waals surface area (Å²) in [6.45, 7) is 5.22. The van der Waals surface area contributed by atoms with Crippen LogP contribution in [0.3, 0.4) is 0 Å². The van der Waals surface area contributed by atoms with Crippen molar-refractivity contribution in [3.05, 3.63) is 62.0 Å². The molecule has 0 atom stereocenters. The quantitative estimate of drug-likeness (QED) is 0.587. The molecule has 0 amide bonds. The first-order chi connectivity index (χ1) is 13.9. The average Bonchev–Trinajstić information content (AvgIpc) is 2.73. The van der Waals surface area contributed by atoms with Crippen molar-refractivity contribution in [3.8, 4) is 17.2 Å². The minimum atomic E-state index is -0.337. The molecule has 6 nitrogen and oxygen atoms in total. The van der Waals surface area contributed by atoms with Gasteiger partial charge in [0.05, 0.1) is 24.8 Å². The number of benzene rings is 2. The molecule has 0 saturated carbocycles. The van der Waals surface area contributed by atoms with Crippen molar-refractivity contribution < 1.29 is 18.6 Å². The van der Waals surface area contributed by atoms with Crippen LogP contribution in [0.5, 0.6) is 17.2 Å². The van der Waals surface area contributed by atoms with E-state index in [1.54, 1.807) is 21.1 Å². The number of hydrogen-bond acceptors (Lipinski definition) is 6. The summed E-state index contributed by atoms with van der Waals surface area (Å²) < 4.78 is 22.3. The largest absolute Gasteiger partial charge is 0.493 e. The third-order valence-corrected chi connectivity index (χ3v) is 5.66. The second-order valence-corrected chi connectivity index (χ2v) is 7.54. The number of fused-ring (bicyclic) bond motifs is 3. The Labute approximate surface area is 173 Å². The Morgan fingerprint density at radius 3 is 2.59 bits per heavy atom. The summed E-state index contributed by atoms with van der Waals surface area (Å²) in [6, 6.07) is 7.62. The second kappa shape index (κ2) is 7.61. The lowest BCUT2D eigenvalue weighted by Gasteiger charge is -2.30. The van der Waals surface area contributed by atoms with Crippen molar-refractivity contribution >= 4 is 22.6 Å². The summed E-state index contributed by atoms with van der Waals surface area (Å²) in [5, 5.41) is 1.36. The molecule has 0 unspecified atom stereocenters. The first-order valence-electron chi connectivity index (χ1n) is 9.24. The highest BCUT2D eigenvalue weighted by atomic mass is 35.5. The van der Waals surface area contributed by atoms with E-state index in [9.17, 15) is 4.79 Å². The lowest BCUT2D eigenvalue weighted by Crippen LogP contribution is -2.32. The lowest BCUT2D eigenvalue weighted by molar-refractivity contribution is 0.0890. The summed E-state index contributed by atoms with van der Waals surface area (Å²) in [6.07, 6.45) is 0. The van der Waals surface area contributed by atoms with E-state index in [4.69, 9.17) is 30.2 Å². The molecule has 0 spiro atoms. The zero-order valence-corrected chi connectivity index (χ0v) is 17.6. The van der Waals surface area contributed by atoms with Gasteiger partial charge in [-0.1, -0.05) is 17.7 Å². The molecule has 29 heavy (non-hydrogen) atoms. The van der Waals surface area contributed by atoms with E-state index in [0.717, 1.165) is 22.1 Å². The first kappa shape index (κ1) is 19.6. The van der Waals surface area contributed by atoms with Crippen molar-refractivity contribution in [2.75, 3.05) is 21.0 Å². The average molecular weight is 416 g/mol. The number of halogens is 1. The molecule has 7 heteroatoms.